The van der Waals surface area contributed by atoms with E-state index in [4.69, 9.17) is 24.8 Å². The molecule has 1 heterocycles. The fourth-order valence-electron chi connectivity index (χ4n) is 1.92. The van der Waals surface area contributed by atoms with E-state index in [1.54, 1.807) is 6.07 Å². The number of nitrogens with two attached hydrogens (primary N) is 1. The molecule has 1 saturated heterocycles. The Kier molecular flexibility index (Phi) is 3.32. The first-order valence-electron chi connectivity index (χ1n) is 6.35. The van der Waals surface area contributed by atoms with E-state index in [1.807, 2.05) is 23.1 Å². The van der Waals surface area contributed by atoms with Gasteiger partial charge in [-0.15, -0.1) is 0 Å². The number of ether oxygens (including phenoxy) is 1. The topological polar surface area (TPSA) is 38.5 Å². The van der Waals surface area contributed by atoms with Gasteiger partial charge in [0.25, 0.3) is 0 Å². The summed E-state index contributed by atoms with van der Waals surface area (Å²) >= 11 is 6.16. The number of hydrogen-bond donors (Lipinski definition) is 1. The van der Waals surface area contributed by atoms with E-state index >= 15 is 0 Å². The summed E-state index contributed by atoms with van der Waals surface area (Å²) < 4.78 is 21.0. The summed E-state index contributed by atoms with van der Waals surface area (Å²) in [6, 6.07) is 6.72. The number of hydrogen-bond acceptors (Lipinski definition) is 3. The molecule has 0 spiro atoms. The molecule has 3 nitrogen and oxygen atoms in total. The van der Waals surface area contributed by atoms with Gasteiger partial charge in [0, 0.05) is 33.4 Å². The number of nitrogens with zero attached hydrogens (tertiary/aromatic N) is 1. The molecule has 1 fully saturated rings. The molecule has 1 aromatic rings. The highest BCUT2D eigenvalue weighted by Crippen LogP contribution is 2.27. The van der Waals surface area contributed by atoms with Crippen LogP contribution in [0.25, 0.3) is 0 Å². The highest BCUT2D eigenvalue weighted by Gasteiger charge is 2.22. The van der Waals surface area contributed by atoms with Gasteiger partial charge in [-0.2, -0.15) is 0 Å². The van der Waals surface area contributed by atoms with E-state index in [9.17, 15) is 0 Å². The van der Waals surface area contributed by atoms with E-state index in [0.717, 1.165) is 5.56 Å². The summed E-state index contributed by atoms with van der Waals surface area (Å²) in [6.07, 6.45) is 0. The minimum atomic E-state index is -1.84. The van der Waals surface area contributed by atoms with Gasteiger partial charge in [-0.25, -0.2) is 0 Å². The van der Waals surface area contributed by atoms with Crippen LogP contribution >= 0.6 is 11.6 Å². The molecular weight excluding hydrogens is 224 g/mol. The van der Waals surface area contributed by atoms with Crippen molar-refractivity contribution in [3.8, 4) is 0 Å². The molecule has 1 aliphatic rings. The molecule has 1 atom stereocenters. The van der Waals surface area contributed by atoms with Crippen LogP contribution in [0, 0.1) is 0 Å². The molecule has 0 saturated carbocycles. The zero-order valence-corrected chi connectivity index (χ0v) is 9.78. The van der Waals surface area contributed by atoms with Gasteiger partial charge in [-0.05, 0) is 11.6 Å². The number of rotatable bonds is 3. The minimum absolute atomic E-state index is 0.545. The maximum absolute atomic E-state index is 7.86. The Balaban J connectivity index is 2.34. The van der Waals surface area contributed by atoms with Crippen molar-refractivity contribution in [1.29, 1.82) is 0 Å². The summed E-state index contributed by atoms with van der Waals surface area (Å²) in [5.41, 5.74) is 6.43. The average Bonchev–Trinajstić information content (AvgIpc) is 2.32. The van der Waals surface area contributed by atoms with Crippen LogP contribution in [0.2, 0.25) is 5.02 Å². The first-order valence-corrected chi connectivity index (χ1v) is 5.73. The molecule has 0 aliphatic carbocycles. The van der Waals surface area contributed by atoms with Crippen LogP contribution < -0.4 is 5.73 Å². The third-order valence-corrected chi connectivity index (χ3v) is 3.11. The Bertz CT molecular complexity index is 405. The quantitative estimate of drug-likeness (QED) is 0.877. The first-order chi connectivity index (χ1) is 8.50. The van der Waals surface area contributed by atoms with Gasteiger partial charge in [0.15, 0.2) is 0 Å². The van der Waals surface area contributed by atoms with E-state index in [0.29, 0.717) is 31.3 Å². The van der Waals surface area contributed by atoms with Crippen LogP contribution in [0.5, 0.6) is 0 Å². The summed E-state index contributed by atoms with van der Waals surface area (Å²) in [5.74, 6) is 0. The predicted octanol–water partition coefficient (Wildman–Crippen LogP) is 1.67. The molecule has 1 aliphatic heterocycles. The van der Waals surface area contributed by atoms with Crippen molar-refractivity contribution in [3.63, 3.8) is 0 Å². The van der Waals surface area contributed by atoms with Crippen LogP contribution in [0.4, 0.5) is 0 Å². The second-order valence-electron chi connectivity index (χ2n) is 3.74. The van der Waals surface area contributed by atoms with Gasteiger partial charge in [0.1, 0.15) is 0 Å². The monoisotopic (exact) mass is 242 g/mol. The van der Waals surface area contributed by atoms with Gasteiger partial charge in [0.2, 0.25) is 0 Å². The second-order valence-corrected chi connectivity index (χ2v) is 4.15. The fourth-order valence-corrected chi connectivity index (χ4v) is 2.16. The molecule has 0 bridgehead atoms. The zero-order valence-electron chi connectivity index (χ0n) is 11.0. The molecule has 88 valence electrons. The number of morpholine rings is 1. The van der Waals surface area contributed by atoms with E-state index in [-0.39, 0.29) is 0 Å². The van der Waals surface area contributed by atoms with Gasteiger partial charge >= 0.3 is 0 Å². The Morgan fingerprint density at radius 1 is 1.44 bits per heavy atom. The number of halogens is 1. The van der Waals surface area contributed by atoms with Crippen molar-refractivity contribution in [1.82, 2.24) is 4.90 Å². The largest absolute Gasteiger partial charge is 0.379 e. The normalized spacial score (nSPS) is 22.4. The lowest BCUT2D eigenvalue weighted by Crippen LogP contribution is -2.41. The smallest absolute Gasteiger partial charge is 0.0594 e. The molecule has 4 heteroatoms. The van der Waals surface area contributed by atoms with E-state index in [1.165, 1.54) is 0 Å². The lowest BCUT2D eigenvalue weighted by atomic mass is 10.0. The first kappa shape index (κ1) is 9.42. The zero-order chi connectivity index (χ0) is 13.2. The van der Waals surface area contributed by atoms with Crippen molar-refractivity contribution >= 4 is 11.6 Å². The van der Waals surface area contributed by atoms with Crippen LogP contribution in [0.15, 0.2) is 24.3 Å². The maximum atomic E-state index is 7.86. The van der Waals surface area contributed by atoms with Gasteiger partial charge in [-0.3, -0.25) is 4.90 Å². The van der Waals surface area contributed by atoms with Crippen LogP contribution in [0.3, 0.4) is 0 Å². The van der Waals surface area contributed by atoms with Crippen molar-refractivity contribution in [3.05, 3.63) is 34.9 Å². The third kappa shape index (κ3) is 2.55. The molecule has 1 unspecified atom stereocenters. The van der Waals surface area contributed by atoms with Gasteiger partial charge < -0.3 is 10.5 Å². The lowest BCUT2D eigenvalue weighted by molar-refractivity contribution is 0.0179. The average molecular weight is 243 g/mol. The predicted molar refractivity (Wildman–Crippen MR) is 65.6 cm³/mol. The van der Waals surface area contributed by atoms with Crippen LogP contribution in [-0.4, -0.2) is 37.7 Å². The lowest BCUT2D eigenvalue weighted by Gasteiger charge is -2.34. The summed E-state index contributed by atoms with van der Waals surface area (Å²) in [5, 5.41) is 0.545. The molecule has 1 aromatic carbocycles. The standard InChI is InChI=1S/C12H17ClN2O/c13-11-4-2-1-3-10(11)12(9-14)15-5-7-16-8-6-15/h1-4,12H,5-9,14H2/i9D2. The fraction of sp³-hybridized carbons (Fsp3) is 0.500. The molecule has 0 radical (unpaired) electrons. The SMILES string of the molecule is [2H]C([2H])(N)C(c1ccccc1Cl)N1CCOCC1. The van der Waals surface area contributed by atoms with Crippen LogP contribution in [0.1, 0.15) is 14.3 Å². The highest BCUT2D eigenvalue weighted by atomic mass is 35.5. The minimum Gasteiger partial charge on any atom is -0.379 e. The molecule has 2 rings (SSSR count). The van der Waals surface area contributed by atoms with E-state index in [2.05, 4.69) is 0 Å². The second kappa shape index (κ2) is 5.64. The van der Waals surface area contributed by atoms with E-state index < -0.39 is 12.5 Å². The van der Waals surface area contributed by atoms with Crippen molar-refractivity contribution in [2.75, 3.05) is 32.8 Å². The molecule has 2 N–H and O–H groups in total. The summed E-state index contributed by atoms with van der Waals surface area (Å²) in [6.45, 7) is 0.662. The van der Waals surface area contributed by atoms with Gasteiger partial charge in [0.05, 0.1) is 13.2 Å². The van der Waals surface area contributed by atoms with Crippen molar-refractivity contribution in [2.45, 2.75) is 6.04 Å². The molecule has 16 heavy (non-hydrogen) atoms. The Morgan fingerprint density at radius 2 is 2.12 bits per heavy atom. The summed E-state index contributed by atoms with van der Waals surface area (Å²) in [7, 11) is 0. The van der Waals surface area contributed by atoms with Crippen molar-refractivity contribution < 1.29 is 7.48 Å². The Hall–Kier alpha value is -0.610. The third-order valence-electron chi connectivity index (χ3n) is 2.77. The highest BCUT2D eigenvalue weighted by molar-refractivity contribution is 6.31. The van der Waals surface area contributed by atoms with Gasteiger partial charge in [-0.1, -0.05) is 29.8 Å². The van der Waals surface area contributed by atoms with Crippen molar-refractivity contribution in [2.24, 2.45) is 5.73 Å². The maximum Gasteiger partial charge on any atom is 0.0594 e. The molecular formula is C12H17ClN2O. The number of benzene rings is 1. The van der Waals surface area contributed by atoms with Crippen LogP contribution in [-0.2, 0) is 4.74 Å². The summed E-state index contributed by atoms with van der Waals surface area (Å²) in [4.78, 5) is 1.99. The Morgan fingerprint density at radius 3 is 2.75 bits per heavy atom. The molecule has 0 aromatic heterocycles. The Labute approximate surface area is 104 Å². The molecule has 0 amide bonds.